The van der Waals surface area contributed by atoms with Crippen molar-refractivity contribution in [1.82, 2.24) is 0 Å². The molecule has 146 valence electrons. The number of benzene rings is 2. The number of nitrogens with zero attached hydrogens (tertiary/aromatic N) is 2. The lowest BCUT2D eigenvalue weighted by molar-refractivity contribution is -0.661. The molecular formula is C23H27N2O3+. The van der Waals surface area contributed by atoms with Crippen LogP contribution in [-0.4, -0.2) is 41.8 Å². The predicted molar refractivity (Wildman–Crippen MR) is 108 cm³/mol. The van der Waals surface area contributed by atoms with E-state index in [-0.39, 0.29) is 0 Å². The van der Waals surface area contributed by atoms with E-state index in [0.717, 1.165) is 55.0 Å². The maximum absolute atomic E-state index is 11.9. The first-order valence-corrected chi connectivity index (χ1v) is 10.3. The summed E-state index contributed by atoms with van der Waals surface area (Å²) < 4.78 is 13.6. The molecule has 1 N–H and O–H groups in total. The van der Waals surface area contributed by atoms with Gasteiger partial charge in [-0.05, 0) is 55.2 Å². The highest BCUT2D eigenvalue weighted by molar-refractivity contribution is 5.96. The van der Waals surface area contributed by atoms with Crippen LogP contribution in [0.15, 0.2) is 42.5 Å². The monoisotopic (exact) mass is 379 g/mol. The number of aryl methyl sites for hydroxylation is 1. The summed E-state index contributed by atoms with van der Waals surface area (Å²) in [6, 6.07) is 14.6. The Hall–Kier alpha value is -2.53. The minimum Gasteiger partial charge on any atom is -0.486 e. The molecule has 0 radical (unpaired) electrons. The number of aliphatic hydroxyl groups is 1. The number of ether oxygens (including phenoxy) is 2. The van der Waals surface area contributed by atoms with Gasteiger partial charge in [0, 0.05) is 12.0 Å². The smallest absolute Gasteiger partial charge is 0.271 e. The van der Waals surface area contributed by atoms with E-state index in [4.69, 9.17) is 9.47 Å². The van der Waals surface area contributed by atoms with Crippen LogP contribution in [0.5, 0.6) is 11.5 Å². The summed E-state index contributed by atoms with van der Waals surface area (Å²) in [4.78, 5) is 2.29. The molecule has 5 nitrogen and oxygen atoms in total. The van der Waals surface area contributed by atoms with Gasteiger partial charge in [0.05, 0.1) is 6.54 Å². The summed E-state index contributed by atoms with van der Waals surface area (Å²) in [6.07, 6.45) is 4.28. The zero-order chi connectivity index (χ0) is 19.1. The normalized spacial score (nSPS) is 23.7. The van der Waals surface area contributed by atoms with Crippen LogP contribution in [0.1, 0.15) is 37.3 Å². The Morgan fingerprint density at radius 3 is 2.61 bits per heavy atom. The lowest BCUT2D eigenvalue weighted by Crippen LogP contribution is -2.41. The highest BCUT2D eigenvalue weighted by Gasteiger charge is 2.52. The summed E-state index contributed by atoms with van der Waals surface area (Å²) >= 11 is 0. The Labute approximate surface area is 165 Å². The third-order valence-electron chi connectivity index (χ3n) is 6.14. The number of rotatable bonds is 3. The molecule has 3 aliphatic rings. The molecule has 0 bridgehead atoms. The molecule has 0 aromatic heterocycles. The molecule has 0 saturated carbocycles. The predicted octanol–water partition coefficient (Wildman–Crippen LogP) is 3.28. The van der Waals surface area contributed by atoms with E-state index in [0.29, 0.717) is 19.8 Å². The number of amidine groups is 1. The topological polar surface area (TPSA) is 44.9 Å². The van der Waals surface area contributed by atoms with E-state index in [1.54, 1.807) is 0 Å². The number of fused-ring (bicyclic) bond motifs is 1. The van der Waals surface area contributed by atoms with E-state index >= 15 is 0 Å². The van der Waals surface area contributed by atoms with Crippen LogP contribution in [0.25, 0.3) is 0 Å². The SMILES string of the molecule is CCc1ccc(N2CC(O)(c3ccc4c(c3)OCCO4)[N+]3=C2CCCC3)cc1. The number of hydrogen-bond donors (Lipinski definition) is 1. The Balaban J connectivity index is 1.55. The van der Waals surface area contributed by atoms with E-state index < -0.39 is 5.72 Å². The second-order valence-electron chi connectivity index (χ2n) is 7.81. The summed E-state index contributed by atoms with van der Waals surface area (Å²) in [5.41, 5.74) is 2.28. The zero-order valence-corrected chi connectivity index (χ0v) is 16.4. The van der Waals surface area contributed by atoms with Gasteiger partial charge in [0.2, 0.25) is 0 Å². The molecule has 0 fully saturated rings. The molecule has 0 amide bonds. The maximum atomic E-state index is 11.9. The first-order chi connectivity index (χ1) is 13.7. The average Bonchev–Trinajstić information content (AvgIpc) is 3.08. The van der Waals surface area contributed by atoms with Gasteiger partial charge in [-0.25, -0.2) is 9.48 Å². The summed E-state index contributed by atoms with van der Waals surface area (Å²) in [5, 5.41) is 11.9. The first-order valence-electron chi connectivity index (χ1n) is 10.3. The first kappa shape index (κ1) is 17.6. The van der Waals surface area contributed by atoms with Crippen molar-refractivity contribution in [3.63, 3.8) is 0 Å². The van der Waals surface area contributed by atoms with E-state index in [9.17, 15) is 5.11 Å². The molecule has 0 aliphatic carbocycles. The summed E-state index contributed by atoms with van der Waals surface area (Å²) in [5.74, 6) is 2.70. The lowest BCUT2D eigenvalue weighted by Gasteiger charge is -2.26. The molecule has 2 aromatic rings. The van der Waals surface area contributed by atoms with Crippen LogP contribution in [-0.2, 0) is 12.1 Å². The maximum Gasteiger partial charge on any atom is 0.271 e. The van der Waals surface area contributed by atoms with Crippen molar-refractivity contribution in [3.8, 4) is 11.5 Å². The van der Waals surface area contributed by atoms with Crippen molar-refractivity contribution in [2.45, 2.75) is 38.3 Å². The van der Waals surface area contributed by atoms with Gasteiger partial charge >= 0.3 is 0 Å². The van der Waals surface area contributed by atoms with Crippen LogP contribution in [0.2, 0.25) is 0 Å². The van der Waals surface area contributed by atoms with Gasteiger partial charge in [0.1, 0.15) is 18.9 Å². The van der Waals surface area contributed by atoms with Crippen molar-refractivity contribution in [2.75, 3.05) is 31.2 Å². The van der Waals surface area contributed by atoms with Crippen molar-refractivity contribution >= 4 is 11.5 Å². The van der Waals surface area contributed by atoms with Gasteiger partial charge in [-0.2, -0.15) is 0 Å². The van der Waals surface area contributed by atoms with E-state index in [1.165, 1.54) is 11.4 Å². The number of hydrogen-bond acceptors (Lipinski definition) is 4. The van der Waals surface area contributed by atoms with Crippen LogP contribution >= 0.6 is 0 Å². The van der Waals surface area contributed by atoms with Gasteiger partial charge < -0.3 is 14.6 Å². The second kappa shape index (κ2) is 6.82. The fourth-order valence-corrected chi connectivity index (χ4v) is 4.58. The quantitative estimate of drug-likeness (QED) is 0.832. The molecule has 3 heterocycles. The lowest BCUT2D eigenvalue weighted by atomic mass is 10.0. The van der Waals surface area contributed by atoms with Crippen LogP contribution in [0.3, 0.4) is 0 Å². The molecule has 2 aromatic carbocycles. The molecule has 5 rings (SSSR count). The molecule has 0 spiro atoms. The van der Waals surface area contributed by atoms with Crippen LogP contribution < -0.4 is 14.4 Å². The Bertz CT molecular complexity index is 922. The highest BCUT2D eigenvalue weighted by atomic mass is 16.6. The average molecular weight is 379 g/mol. The molecule has 1 atom stereocenters. The third kappa shape index (κ3) is 2.76. The minimum absolute atomic E-state index is 0.521. The Kier molecular flexibility index (Phi) is 4.27. The number of β-amino-alcohol motifs (C(OH)–C–C–N with tert-alkyl or cyclic N) is 1. The van der Waals surface area contributed by atoms with Crippen molar-refractivity contribution < 1.29 is 19.2 Å². The minimum atomic E-state index is -1.06. The van der Waals surface area contributed by atoms with Gasteiger partial charge in [-0.15, -0.1) is 0 Å². The Morgan fingerprint density at radius 1 is 1.04 bits per heavy atom. The molecule has 28 heavy (non-hydrogen) atoms. The standard InChI is InChI=1S/C23H27N2O3/c1-2-17-6-9-19(10-7-17)24-16-23(26,25-12-4-3-5-22(24)25)18-8-11-20-21(15-18)28-14-13-27-20/h6-11,15,26H,2-5,12-14,16H2,1H3/q+1. The van der Waals surface area contributed by atoms with Crippen molar-refractivity contribution in [1.29, 1.82) is 0 Å². The third-order valence-corrected chi connectivity index (χ3v) is 6.14. The largest absolute Gasteiger partial charge is 0.486 e. The van der Waals surface area contributed by atoms with Crippen LogP contribution in [0.4, 0.5) is 5.69 Å². The fraction of sp³-hybridized carbons (Fsp3) is 0.435. The van der Waals surface area contributed by atoms with Crippen molar-refractivity contribution in [2.24, 2.45) is 0 Å². The Morgan fingerprint density at radius 2 is 1.82 bits per heavy atom. The zero-order valence-electron chi connectivity index (χ0n) is 16.4. The number of anilines is 1. The summed E-state index contributed by atoms with van der Waals surface area (Å²) in [6.45, 7) is 4.68. The van der Waals surface area contributed by atoms with E-state index in [2.05, 4.69) is 40.7 Å². The van der Waals surface area contributed by atoms with Crippen LogP contribution in [0, 0.1) is 0 Å². The summed E-state index contributed by atoms with van der Waals surface area (Å²) in [7, 11) is 0. The fourth-order valence-electron chi connectivity index (χ4n) is 4.58. The molecule has 1 unspecified atom stereocenters. The van der Waals surface area contributed by atoms with Gasteiger partial charge in [-0.1, -0.05) is 19.1 Å². The molecule has 5 heteroatoms. The highest BCUT2D eigenvalue weighted by Crippen LogP contribution is 2.39. The van der Waals surface area contributed by atoms with E-state index in [1.807, 2.05) is 18.2 Å². The van der Waals surface area contributed by atoms with Gasteiger partial charge in [0.15, 0.2) is 18.0 Å². The molecule has 0 saturated heterocycles. The molecule has 3 aliphatic heterocycles. The van der Waals surface area contributed by atoms with Gasteiger partial charge in [-0.3, -0.25) is 0 Å². The van der Waals surface area contributed by atoms with Gasteiger partial charge in [0.25, 0.3) is 11.6 Å². The van der Waals surface area contributed by atoms with Crippen molar-refractivity contribution in [3.05, 3.63) is 53.6 Å². The second-order valence-corrected chi connectivity index (χ2v) is 7.81. The molecular weight excluding hydrogens is 352 g/mol.